The second kappa shape index (κ2) is 11.2. The van der Waals surface area contributed by atoms with Crippen LogP contribution in [-0.4, -0.2) is 84.6 Å². The second-order valence-electron chi connectivity index (χ2n) is 9.10. The Morgan fingerprint density at radius 3 is 2.41 bits per heavy atom. The van der Waals surface area contributed by atoms with Gasteiger partial charge in [-0.05, 0) is 43.0 Å². The zero-order valence-electron chi connectivity index (χ0n) is 21.4. The number of fused-ring (bicyclic) bond motifs is 3. The van der Waals surface area contributed by atoms with Gasteiger partial charge >= 0.3 is 11.9 Å². The number of H-pyrrole nitrogens is 1. The summed E-state index contributed by atoms with van der Waals surface area (Å²) in [6.45, 7) is 5.37. The standard InChI is InChI=1S/C22H22N4O3.C4H6O6/c1-12-9-23-22(28-3)13(2)19(12)14-4-5-16-18(8-14)25-21(27)17-10-24-26(20(16)17)15-6-7-29-11-15;5-1(3(7)8)2(6)4(9)10/h4-5,8-10,15H,6-7,11H2,1-3H3,(H,25,27);1-2,5-6H,(H,7,8)(H,9,10)/t15-;1-,2-/m01/s1. The van der Waals surface area contributed by atoms with Gasteiger partial charge in [-0.15, -0.1) is 0 Å². The number of hydrogen-bond acceptors (Lipinski definition) is 9. The molecule has 4 heterocycles. The average Bonchev–Trinajstić information content (AvgIpc) is 3.59. The third kappa shape index (κ3) is 5.32. The van der Waals surface area contributed by atoms with Gasteiger partial charge in [0.25, 0.3) is 5.56 Å². The summed E-state index contributed by atoms with van der Waals surface area (Å²) < 4.78 is 12.9. The van der Waals surface area contributed by atoms with Gasteiger partial charge in [-0.25, -0.2) is 14.6 Å². The van der Waals surface area contributed by atoms with Crippen LogP contribution in [0.1, 0.15) is 23.6 Å². The molecule has 13 nitrogen and oxygen atoms in total. The van der Waals surface area contributed by atoms with Crippen LogP contribution < -0.4 is 10.3 Å². The molecule has 206 valence electrons. The number of ether oxygens (including phenoxy) is 2. The van der Waals surface area contributed by atoms with E-state index in [1.807, 2.05) is 30.8 Å². The minimum atomic E-state index is -2.27. The highest BCUT2D eigenvalue weighted by molar-refractivity contribution is 6.04. The summed E-state index contributed by atoms with van der Waals surface area (Å²) in [4.78, 5) is 39.6. The number of nitrogens with one attached hydrogen (secondary N) is 1. The zero-order valence-corrected chi connectivity index (χ0v) is 21.4. The van der Waals surface area contributed by atoms with Crippen LogP contribution in [0.4, 0.5) is 0 Å². The van der Waals surface area contributed by atoms with Crippen molar-refractivity contribution < 1.29 is 39.5 Å². The van der Waals surface area contributed by atoms with Crippen molar-refractivity contribution in [1.82, 2.24) is 19.7 Å². The van der Waals surface area contributed by atoms with Gasteiger partial charge in [-0.3, -0.25) is 9.48 Å². The molecule has 1 aliphatic heterocycles. The van der Waals surface area contributed by atoms with Gasteiger partial charge in [0, 0.05) is 23.8 Å². The first-order valence-corrected chi connectivity index (χ1v) is 12.0. The van der Waals surface area contributed by atoms with Crippen LogP contribution >= 0.6 is 0 Å². The van der Waals surface area contributed by atoms with E-state index in [-0.39, 0.29) is 11.6 Å². The maximum absolute atomic E-state index is 12.7. The number of pyridine rings is 2. The first-order chi connectivity index (χ1) is 18.5. The number of aromatic nitrogens is 4. The summed E-state index contributed by atoms with van der Waals surface area (Å²) in [6, 6.07) is 6.32. The summed E-state index contributed by atoms with van der Waals surface area (Å²) in [6.07, 6.45) is -0.165. The number of aryl methyl sites for hydroxylation is 1. The SMILES string of the molecule is COc1ncc(C)c(-c2ccc3c(c2)[nH]c(=O)c2cnn([C@H]4CCOC4)c23)c1C.O=C(O)[C@H](O)[C@@H](O)C(=O)O. The maximum atomic E-state index is 12.7. The van der Waals surface area contributed by atoms with E-state index in [0.29, 0.717) is 17.9 Å². The van der Waals surface area contributed by atoms with Crippen LogP contribution in [0.5, 0.6) is 5.88 Å². The van der Waals surface area contributed by atoms with Crippen LogP contribution in [0.3, 0.4) is 0 Å². The largest absolute Gasteiger partial charge is 0.481 e. The fourth-order valence-electron chi connectivity index (χ4n) is 4.63. The third-order valence-electron chi connectivity index (χ3n) is 6.57. The molecule has 3 aromatic heterocycles. The molecule has 1 aromatic carbocycles. The minimum absolute atomic E-state index is 0.129. The quantitative estimate of drug-likeness (QED) is 0.237. The Morgan fingerprint density at radius 1 is 1.13 bits per heavy atom. The molecule has 39 heavy (non-hydrogen) atoms. The number of hydrogen-bond donors (Lipinski definition) is 5. The highest BCUT2D eigenvalue weighted by Crippen LogP contribution is 2.34. The molecule has 0 saturated carbocycles. The Morgan fingerprint density at radius 2 is 1.82 bits per heavy atom. The number of aromatic amines is 1. The van der Waals surface area contributed by atoms with E-state index in [1.54, 1.807) is 13.3 Å². The number of aliphatic carboxylic acids is 2. The number of carboxylic acid groups (broad SMARTS) is 2. The summed E-state index contributed by atoms with van der Waals surface area (Å²) in [5.41, 5.74) is 5.64. The molecular formula is C26H28N4O9. The van der Waals surface area contributed by atoms with Crippen molar-refractivity contribution in [1.29, 1.82) is 0 Å². The molecule has 0 aliphatic carbocycles. The molecule has 13 heteroatoms. The van der Waals surface area contributed by atoms with Crippen molar-refractivity contribution >= 4 is 33.7 Å². The Balaban J connectivity index is 0.000000303. The van der Waals surface area contributed by atoms with E-state index < -0.39 is 24.1 Å². The van der Waals surface area contributed by atoms with Crippen LogP contribution in [0, 0.1) is 13.8 Å². The predicted octanol–water partition coefficient (Wildman–Crippen LogP) is 1.40. The number of rotatable bonds is 6. The summed E-state index contributed by atoms with van der Waals surface area (Å²) in [7, 11) is 1.62. The summed E-state index contributed by atoms with van der Waals surface area (Å²) >= 11 is 0. The molecule has 1 fully saturated rings. The molecule has 4 aromatic rings. The number of methoxy groups -OCH3 is 1. The average molecular weight is 541 g/mol. The summed E-state index contributed by atoms with van der Waals surface area (Å²) in [5, 5.41) is 38.6. The van der Waals surface area contributed by atoms with Gasteiger partial charge in [0.05, 0.1) is 42.4 Å². The van der Waals surface area contributed by atoms with E-state index in [9.17, 15) is 14.4 Å². The Bertz CT molecular complexity index is 1590. The Kier molecular flexibility index (Phi) is 7.95. The Hall–Kier alpha value is -4.33. The third-order valence-corrected chi connectivity index (χ3v) is 6.57. The molecule has 0 bridgehead atoms. The molecule has 0 unspecified atom stereocenters. The second-order valence-corrected chi connectivity index (χ2v) is 9.10. The van der Waals surface area contributed by atoms with Crippen molar-refractivity contribution in [3.05, 3.63) is 52.1 Å². The van der Waals surface area contributed by atoms with Crippen LogP contribution in [0.15, 0.2) is 35.4 Å². The lowest BCUT2D eigenvalue weighted by Crippen LogP contribution is -2.39. The topological polar surface area (TPSA) is 197 Å². The van der Waals surface area contributed by atoms with E-state index in [0.717, 1.165) is 51.7 Å². The highest BCUT2D eigenvalue weighted by Gasteiger charge is 2.29. The molecule has 1 aliphatic rings. The van der Waals surface area contributed by atoms with Crippen molar-refractivity contribution in [2.45, 2.75) is 38.5 Å². The Labute approximate surface area is 221 Å². The van der Waals surface area contributed by atoms with Gasteiger partial charge in [-0.1, -0.05) is 12.1 Å². The van der Waals surface area contributed by atoms with Gasteiger partial charge in [0.2, 0.25) is 5.88 Å². The number of aliphatic hydroxyl groups is 2. The van der Waals surface area contributed by atoms with E-state index in [4.69, 9.17) is 29.9 Å². The fourth-order valence-corrected chi connectivity index (χ4v) is 4.63. The van der Waals surface area contributed by atoms with E-state index in [1.165, 1.54) is 0 Å². The maximum Gasteiger partial charge on any atom is 0.335 e. The molecule has 0 spiro atoms. The van der Waals surface area contributed by atoms with Crippen molar-refractivity contribution in [3.8, 4) is 17.0 Å². The highest BCUT2D eigenvalue weighted by atomic mass is 16.5. The monoisotopic (exact) mass is 540 g/mol. The van der Waals surface area contributed by atoms with Crippen molar-refractivity contribution in [2.75, 3.05) is 20.3 Å². The van der Waals surface area contributed by atoms with Gasteiger partial charge in [0.15, 0.2) is 12.2 Å². The number of aliphatic hydroxyl groups excluding tert-OH is 2. The predicted molar refractivity (Wildman–Crippen MR) is 139 cm³/mol. The van der Waals surface area contributed by atoms with Gasteiger partial charge < -0.3 is 34.9 Å². The molecule has 5 N–H and O–H groups in total. The molecule has 0 radical (unpaired) electrons. The smallest absolute Gasteiger partial charge is 0.335 e. The molecule has 5 rings (SSSR count). The van der Waals surface area contributed by atoms with E-state index in [2.05, 4.69) is 27.2 Å². The number of benzene rings is 1. The number of carboxylic acids is 2. The fraction of sp³-hybridized carbons (Fsp3) is 0.346. The lowest BCUT2D eigenvalue weighted by atomic mass is 9.96. The lowest BCUT2D eigenvalue weighted by molar-refractivity contribution is -0.165. The van der Waals surface area contributed by atoms with Crippen molar-refractivity contribution in [3.63, 3.8) is 0 Å². The van der Waals surface area contributed by atoms with Crippen molar-refractivity contribution in [2.24, 2.45) is 0 Å². The van der Waals surface area contributed by atoms with Crippen LogP contribution in [-0.2, 0) is 14.3 Å². The first-order valence-electron chi connectivity index (χ1n) is 12.0. The molecular weight excluding hydrogens is 512 g/mol. The normalized spacial score (nSPS) is 16.5. The first kappa shape index (κ1) is 27.7. The number of carbonyl (C=O) groups is 2. The summed E-state index contributed by atoms with van der Waals surface area (Å²) in [5.74, 6) is -2.93. The molecule has 1 saturated heterocycles. The zero-order chi connectivity index (χ0) is 28.4. The van der Waals surface area contributed by atoms with E-state index >= 15 is 0 Å². The van der Waals surface area contributed by atoms with Crippen LogP contribution in [0.2, 0.25) is 0 Å². The van der Waals surface area contributed by atoms with Gasteiger partial charge in [0.1, 0.15) is 0 Å². The molecule has 0 amide bonds. The molecule has 3 atom stereocenters. The number of nitrogens with zero attached hydrogens (tertiary/aromatic N) is 3. The lowest BCUT2D eigenvalue weighted by Gasteiger charge is -2.14. The van der Waals surface area contributed by atoms with Crippen LogP contribution in [0.25, 0.3) is 32.9 Å². The minimum Gasteiger partial charge on any atom is -0.481 e. The van der Waals surface area contributed by atoms with Gasteiger partial charge in [-0.2, -0.15) is 5.10 Å².